The molecule has 0 radical (unpaired) electrons. The molecule has 1 aliphatic rings. The quantitative estimate of drug-likeness (QED) is 0.788. The van der Waals surface area contributed by atoms with E-state index in [2.05, 4.69) is 12.6 Å². The SMILES string of the molecule is O=C1CC(S)CN1c1ccc(C(F)(F)F)cc1Cl. The highest BCUT2D eigenvalue weighted by atomic mass is 35.5. The number of halogens is 4. The minimum atomic E-state index is -4.44. The van der Waals surface area contributed by atoms with Crippen LogP contribution < -0.4 is 4.90 Å². The molecule has 0 bridgehead atoms. The van der Waals surface area contributed by atoms with Gasteiger partial charge in [-0.05, 0) is 18.2 Å². The van der Waals surface area contributed by atoms with Crippen LogP contribution in [0.2, 0.25) is 5.02 Å². The molecule has 0 saturated carbocycles. The van der Waals surface area contributed by atoms with Crippen molar-refractivity contribution in [3.8, 4) is 0 Å². The van der Waals surface area contributed by atoms with Crippen molar-refractivity contribution in [3.05, 3.63) is 28.8 Å². The second kappa shape index (κ2) is 4.66. The molecule has 0 spiro atoms. The van der Waals surface area contributed by atoms with Gasteiger partial charge in [0.1, 0.15) is 0 Å². The van der Waals surface area contributed by atoms with Crippen LogP contribution in [0, 0.1) is 0 Å². The lowest BCUT2D eigenvalue weighted by Gasteiger charge is -2.18. The number of amides is 1. The molecule has 1 unspecified atom stereocenters. The van der Waals surface area contributed by atoms with Gasteiger partial charge >= 0.3 is 6.18 Å². The van der Waals surface area contributed by atoms with Gasteiger partial charge in [0, 0.05) is 18.2 Å². The Morgan fingerprint density at radius 3 is 2.50 bits per heavy atom. The molecule has 1 saturated heterocycles. The van der Waals surface area contributed by atoms with Crippen LogP contribution in [0.5, 0.6) is 0 Å². The number of hydrogen-bond acceptors (Lipinski definition) is 2. The first-order valence-corrected chi connectivity index (χ1v) is 6.03. The molecule has 2 rings (SSSR count). The van der Waals surface area contributed by atoms with Gasteiger partial charge in [-0.1, -0.05) is 11.6 Å². The molecule has 1 aromatic rings. The minimum absolute atomic E-state index is 0.0828. The van der Waals surface area contributed by atoms with Crippen LogP contribution in [0.15, 0.2) is 18.2 Å². The third-order valence-electron chi connectivity index (χ3n) is 2.67. The highest BCUT2D eigenvalue weighted by Gasteiger charge is 2.33. The Hall–Kier alpha value is -0.880. The predicted octanol–water partition coefficient (Wildman–Crippen LogP) is 3.39. The Labute approximate surface area is 112 Å². The summed E-state index contributed by atoms with van der Waals surface area (Å²) in [7, 11) is 0. The molecule has 2 nitrogen and oxygen atoms in total. The van der Waals surface area contributed by atoms with Gasteiger partial charge in [0.15, 0.2) is 0 Å². The molecule has 0 aliphatic carbocycles. The summed E-state index contributed by atoms with van der Waals surface area (Å²) in [5.74, 6) is -0.184. The average Bonchev–Trinajstić information content (AvgIpc) is 2.56. The van der Waals surface area contributed by atoms with Crippen molar-refractivity contribution in [1.29, 1.82) is 0 Å². The number of anilines is 1. The smallest absolute Gasteiger partial charge is 0.310 e. The number of carbonyl (C=O) groups is 1. The number of nitrogens with zero attached hydrogens (tertiary/aromatic N) is 1. The molecule has 1 amide bonds. The van der Waals surface area contributed by atoms with E-state index >= 15 is 0 Å². The molecular weight excluding hydrogens is 287 g/mol. The maximum Gasteiger partial charge on any atom is 0.416 e. The Morgan fingerprint density at radius 2 is 2.06 bits per heavy atom. The van der Waals surface area contributed by atoms with E-state index in [1.54, 1.807) is 0 Å². The van der Waals surface area contributed by atoms with Crippen LogP contribution in [-0.2, 0) is 11.0 Å². The molecule has 0 aromatic heterocycles. The van der Waals surface area contributed by atoms with Gasteiger partial charge in [-0.3, -0.25) is 4.79 Å². The van der Waals surface area contributed by atoms with Crippen molar-refractivity contribution in [1.82, 2.24) is 0 Å². The lowest BCUT2D eigenvalue weighted by atomic mass is 10.2. The number of alkyl halides is 3. The monoisotopic (exact) mass is 295 g/mol. The average molecular weight is 296 g/mol. The standard InChI is InChI=1S/C11H9ClF3NOS/c12-8-3-6(11(13,14)15)1-2-9(8)16-5-7(18)4-10(16)17/h1-3,7,18H,4-5H2. The van der Waals surface area contributed by atoms with E-state index in [0.717, 1.165) is 12.1 Å². The van der Waals surface area contributed by atoms with E-state index < -0.39 is 11.7 Å². The van der Waals surface area contributed by atoms with E-state index in [0.29, 0.717) is 12.2 Å². The fourth-order valence-corrected chi connectivity index (χ4v) is 2.43. The van der Waals surface area contributed by atoms with Gasteiger partial charge in [0.2, 0.25) is 5.91 Å². The van der Waals surface area contributed by atoms with Crippen molar-refractivity contribution in [2.75, 3.05) is 11.4 Å². The van der Waals surface area contributed by atoms with E-state index in [9.17, 15) is 18.0 Å². The van der Waals surface area contributed by atoms with Crippen LogP contribution in [0.3, 0.4) is 0 Å². The maximum atomic E-state index is 12.5. The third kappa shape index (κ3) is 2.59. The zero-order chi connectivity index (χ0) is 13.5. The van der Waals surface area contributed by atoms with Crippen molar-refractivity contribution in [2.24, 2.45) is 0 Å². The molecule has 7 heteroatoms. The molecule has 0 N–H and O–H groups in total. The summed E-state index contributed by atoms with van der Waals surface area (Å²) in [6.45, 7) is 0.354. The fraction of sp³-hybridized carbons (Fsp3) is 0.364. The van der Waals surface area contributed by atoms with Gasteiger partial charge < -0.3 is 4.90 Å². The van der Waals surface area contributed by atoms with Gasteiger partial charge in [0.25, 0.3) is 0 Å². The Bertz CT molecular complexity index is 492. The summed E-state index contributed by atoms with van der Waals surface area (Å²) < 4.78 is 37.4. The summed E-state index contributed by atoms with van der Waals surface area (Å²) in [4.78, 5) is 13.0. The molecular formula is C11H9ClF3NOS. The van der Waals surface area contributed by atoms with Crippen LogP contribution >= 0.6 is 24.2 Å². The Kier molecular flexibility index (Phi) is 3.51. The third-order valence-corrected chi connectivity index (χ3v) is 3.32. The van der Waals surface area contributed by atoms with Crippen molar-refractivity contribution in [2.45, 2.75) is 17.8 Å². The van der Waals surface area contributed by atoms with Gasteiger partial charge in [0.05, 0.1) is 16.3 Å². The Morgan fingerprint density at radius 1 is 1.39 bits per heavy atom. The van der Waals surface area contributed by atoms with E-state index in [-0.39, 0.29) is 22.6 Å². The van der Waals surface area contributed by atoms with Crippen LogP contribution in [-0.4, -0.2) is 17.7 Å². The number of thiol groups is 1. The van der Waals surface area contributed by atoms with Crippen LogP contribution in [0.1, 0.15) is 12.0 Å². The molecule has 1 fully saturated rings. The summed E-state index contributed by atoms with van der Waals surface area (Å²) >= 11 is 9.99. The van der Waals surface area contributed by atoms with Crippen molar-refractivity contribution >= 4 is 35.8 Å². The largest absolute Gasteiger partial charge is 0.416 e. The number of carbonyl (C=O) groups excluding carboxylic acids is 1. The molecule has 1 aromatic carbocycles. The zero-order valence-corrected chi connectivity index (χ0v) is 10.7. The summed E-state index contributed by atoms with van der Waals surface area (Å²) in [5, 5.41) is -0.198. The second-order valence-electron chi connectivity index (χ2n) is 4.03. The van der Waals surface area contributed by atoms with Gasteiger partial charge in [-0.2, -0.15) is 25.8 Å². The van der Waals surface area contributed by atoms with E-state index in [4.69, 9.17) is 11.6 Å². The molecule has 18 heavy (non-hydrogen) atoms. The minimum Gasteiger partial charge on any atom is -0.310 e. The highest BCUT2D eigenvalue weighted by Crippen LogP contribution is 2.36. The lowest BCUT2D eigenvalue weighted by molar-refractivity contribution is -0.137. The van der Waals surface area contributed by atoms with E-state index in [1.807, 2.05) is 0 Å². The number of benzene rings is 1. The summed E-state index contributed by atoms with van der Waals surface area (Å²) in [5.41, 5.74) is -0.531. The summed E-state index contributed by atoms with van der Waals surface area (Å²) in [6.07, 6.45) is -4.18. The topological polar surface area (TPSA) is 20.3 Å². The Balaban J connectivity index is 2.34. The van der Waals surface area contributed by atoms with Crippen LogP contribution in [0.25, 0.3) is 0 Å². The normalized spacial score (nSPS) is 20.6. The van der Waals surface area contributed by atoms with Gasteiger partial charge in [-0.25, -0.2) is 0 Å². The lowest BCUT2D eigenvalue weighted by Crippen LogP contribution is -2.25. The highest BCUT2D eigenvalue weighted by molar-refractivity contribution is 7.81. The van der Waals surface area contributed by atoms with Crippen molar-refractivity contribution < 1.29 is 18.0 Å². The number of hydrogen-bond donors (Lipinski definition) is 1. The first-order valence-electron chi connectivity index (χ1n) is 5.14. The number of rotatable bonds is 1. The molecule has 98 valence electrons. The summed E-state index contributed by atoms with van der Waals surface area (Å²) in [6, 6.07) is 2.96. The first kappa shape index (κ1) is 13.5. The zero-order valence-electron chi connectivity index (χ0n) is 9.04. The fourth-order valence-electron chi connectivity index (χ4n) is 1.82. The second-order valence-corrected chi connectivity index (χ2v) is 5.16. The maximum absolute atomic E-state index is 12.5. The first-order chi connectivity index (χ1) is 8.29. The van der Waals surface area contributed by atoms with Gasteiger partial charge in [-0.15, -0.1) is 0 Å². The van der Waals surface area contributed by atoms with Crippen molar-refractivity contribution in [3.63, 3.8) is 0 Å². The predicted molar refractivity (Wildman–Crippen MR) is 66.2 cm³/mol. The molecule has 1 atom stereocenters. The van der Waals surface area contributed by atoms with Crippen LogP contribution in [0.4, 0.5) is 18.9 Å². The molecule has 1 aliphatic heterocycles. The van der Waals surface area contributed by atoms with E-state index in [1.165, 1.54) is 11.0 Å². The molecule has 1 heterocycles.